The van der Waals surface area contributed by atoms with E-state index in [0.29, 0.717) is 25.9 Å². The third kappa shape index (κ3) is 5.26. The second kappa shape index (κ2) is 8.96. The van der Waals surface area contributed by atoms with Gasteiger partial charge >= 0.3 is 0 Å². The normalized spacial score (nSPS) is 10.2. The van der Waals surface area contributed by atoms with Crippen LogP contribution in [0, 0.1) is 22.7 Å². The maximum Gasteiger partial charge on any atom is 0.0858 e. The molecule has 5 heteroatoms. The van der Waals surface area contributed by atoms with Gasteiger partial charge in [0.1, 0.15) is 0 Å². The van der Waals surface area contributed by atoms with Crippen LogP contribution in [-0.4, -0.2) is 13.1 Å². The predicted molar refractivity (Wildman–Crippen MR) is 89.7 cm³/mol. The third-order valence-electron chi connectivity index (χ3n) is 3.24. The van der Waals surface area contributed by atoms with Gasteiger partial charge in [-0.15, -0.1) is 0 Å². The molecule has 0 aliphatic carbocycles. The van der Waals surface area contributed by atoms with Gasteiger partial charge in [-0.3, -0.25) is 0 Å². The van der Waals surface area contributed by atoms with Gasteiger partial charge in [-0.2, -0.15) is 20.8 Å². The molecule has 0 amide bonds. The molecule has 0 bridgehead atoms. The van der Waals surface area contributed by atoms with E-state index in [0.717, 1.165) is 17.1 Å². The van der Waals surface area contributed by atoms with Crippen LogP contribution >= 0.6 is 0 Å². The number of hydrogen-bond donors (Lipinski definition) is 0. The van der Waals surface area contributed by atoms with Crippen molar-refractivity contribution in [1.82, 2.24) is 0 Å². The zero-order valence-corrected chi connectivity index (χ0v) is 12.8. The van der Waals surface area contributed by atoms with Crippen molar-refractivity contribution < 1.29 is 0 Å². The molecule has 0 spiro atoms. The molecule has 0 fully saturated rings. The van der Waals surface area contributed by atoms with E-state index in [1.54, 1.807) is 0 Å². The minimum absolute atomic E-state index is 0.431. The summed E-state index contributed by atoms with van der Waals surface area (Å²) in [6.07, 6.45) is 0.863. The molecule has 0 aromatic heterocycles. The number of hydrogen-bond acceptors (Lipinski definition) is 5. The smallest absolute Gasteiger partial charge is 0.0858 e. The fourth-order valence-electron chi connectivity index (χ4n) is 2.08. The van der Waals surface area contributed by atoms with Crippen LogP contribution in [0.2, 0.25) is 0 Å². The Balaban J connectivity index is 2.06. The van der Waals surface area contributed by atoms with Crippen molar-refractivity contribution in [3.05, 3.63) is 54.6 Å². The van der Waals surface area contributed by atoms with E-state index in [9.17, 15) is 0 Å². The van der Waals surface area contributed by atoms with Crippen molar-refractivity contribution in [2.75, 3.05) is 18.0 Å². The van der Waals surface area contributed by atoms with Gasteiger partial charge in [0, 0.05) is 18.8 Å². The first kappa shape index (κ1) is 16.2. The molecule has 0 radical (unpaired) electrons. The summed E-state index contributed by atoms with van der Waals surface area (Å²) in [6.45, 7) is 1.23. The summed E-state index contributed by atoms with van der Waals surface area (Å²) in [5, 5.41) is 25.9. The molecule has 23 heavy (non-hydrogen) atoms. The molecular weight excluding hydrogens is 286 g/mol. The van der Waals surface area contributed by atoms with Gasteiger partial charge in [-0.1, -0.05) is 18.2 Å². The monoisotopic (exact) mass is 303 g/mol. The van der Waals surface area contributed by atoms with Crippen LogP contribution in [0.3, 0.4) is 0 Å². The van der Waals surface area contributed by atoms with Crippen molar-refractivity contribution >= 4 is 17.1 Å². The van der Waals surface area contributed by atoms with E-state index in [-0.39, 0.29) is 0 Å². The van der Waals surface area contributed by atoms with Gasteiger partial charge in [0.15, 0.2) is 0 Å². The molecule has 0 aliphatic rings. The molecule has 0 atom stereocenters. The summed E-state index contributed by atoms with van der Waals surface area (Å²) in [5.74, 6) is 0. The second-order valence-corrected chi connectivity index (χ2v) is 4.86. The highest BCUT2D eigenvalue weighted by molar-refractivity contribution is 5.53. The van der Waals surface area contributed by atoms with E-state index >= 15 is 0 Å². The van der Waals surface area contributed by atoms with Crippen molar-refractivity contribution in [2.24, 2.45) is 10.2 Å². The van der Waals surface area contributed by atoms with Crippen molar-refractivity contribution in [3.63, 3.8) is 0 Å². The molecule has 2 aromatic rings. The van der Waals surface area contributed by atoms with E-state index in [1.165, 1.54) is 0 Å². The van der Waals surface area contributed by atoms with Gasteiger partial charge in [-0.05, 0) is 36.4 Å². The fourth-order valence-corrected chi connectivity index (χ4v) is 2.08. The summed E-state index contributed by atoms with van der Waals surface area (Å²) in [6, 6.07) is 21.5. The van der Waals surface area contributed by atoms with Crippen molar-refractivity contribution in [3.8, 4) is 12.1 Å². The summed E-state index contributed by atoms with van der Waals surface area (Å²) in [4.78, 5) is 2.03. The van der Waals surface area contributed by atoms with Gasteiger partial charge in [0.2, 0.25) is 0 Å². The zero-order valence-electron chi connectivity index (χ0n) is 12.8. The highest BCUT2D eigenvalue weighted by Gasteiger charge is 2.05. The van der Waals surface area contributed by atoms with Gasteiger partial charge in [0.05, 0.1) is 36.4 Å². The molecule has 0 heterocycles. The summed E-state index contributed by atoms with van der Waals surface area (Å²) >= 11 is 0. The number of azo groups is 1. The minimum atomic E-state index is 0.431. The SMILES string of the molecule is N#CCCN(CCC#N)c1ccc(N=Nc2ccccc2)cc1. The van der Waals surface area contributed by atoms with Crippen LogP contribution < -0.4 is 4.90 Å². The van der Waals surface area contributed by atoms with Crippen LogP contribution in [0.4, 0.5) is 17.1 Å². The number of rotatable bonds is 7. The lowest BCUT2D eigenvalue weighted by Gasteiger charge is -2.22. The summed E-state index contributed by atoms with van der Waals surface area (Å²) in [7, 11) is 0. The lowest BCUT2D eigenvalue weighted by Crippen LogP contribution is -2.25. The van der Waals surface area contributed by atoms with Crippen LogP contribution in [0.5, 0.6) is 0 Å². The van der Waals surface area contributed by atoms with Crippen molar-refractivity contribution in [1.29, 1.82) is 10.5 Å². The molecule has 0 saturated heterocycles. The van der Waals surface area contributed by atoms with E-state index in [1.807, 2.05) is 59.5 Å². The lowest BCUT2D eigenvalue weighted by molar-refractivity contribution is 0.796. The molecule has 0 aliphatic heterocycles. The van der Waals surface area contributed by atoms with Crippen LogP contribution in [0.1, 0.15) is 12.8 Å². The van der Waals surface area contributed by atoms with Crippen LogP contribution in [0.25, 0.3) is 0 Å². The van der Waals surface area contributed by atoms with E-state index in [2.05, 4.69) is 22.4 Å². The van der Waals surface area contributed by atoms with Gasteiger partial charge in [0.25, 0.3) is 0 Å². The zero-order chi connectivity index (χ0) is 16.3. The van der Waals surface area contributed by atoms with Gasteiger partial charge in [-0.25, -0.2) is 0 Å². The molecule has 5 nitrogen and oxygen atoms in total. The Kier molecular flexibility index (Phi) is 6.31. The highest BCUT2D eigenvalue weighted by atomic mass is 15.1. The number of benzene rings is 2. The largest absolute Gasteiger partial charge is 0.369 e. The Labute approximate surface area is 136 Å². The number of nitrogens with zero attached hydrogens (tertiary/aromatic N) is 5. The Hall–Kier alpha value is -3.18. The lowest BCUT2D eigenvalue weighted by atomic mass is 10.2. The Morgan fingerprint density at radius 1 is 0.739 bits per heavy atom. The molecule has 2 aromatic carbocycles. The van der Waals surface area contributed by atoms with Crippen LogP contribution in [-0.2, 0) is 0 Å². The third-order valence-corrected chi connectivity index (χ3v) is 3.24. The average molecular weight is 303 g/mol. The molecule has 0 saturated carbocycles. The van der Waals surface area contributed by atoms with Crippen LogP contribution in [0.15, 0.2) is 64.8 Å². The molecule has 0 unspecified atom stereocenters. The maximum absolute atomic E-state index is 8.74. The maximum atomic E-state index is 8.74. The summed E-state index contributed by atoms with van der Waals surface area (Å²) < 4.78 is 0. The summed E-state index contributed by atoms with van der Waals surface area (Å²) in [5.41, 5.74) is 2.55. The molecule has 114 valence electrons. The standard InChI is InChI=1S/C18H17N5/c19-12-4-14-23(15-5-13-20)18-10-8-17(9-11-18)22-21-16-6-2-1-3-7-16/h1-3,6-11H,4-5,14-15H2. The predicted octanol–water partition coefficient (Wildman–Crippen LogP) is 4.74. The van der Waals surface area contributed by atoms with Gasteiger partial charge < -0.3 is 4.90 Å². The minimum Gasteiger partial charge on any atom is -0.369 e. The Bertz CT molecular complexity index is 690. The average Bonchev–Trinajstić information content (AvgIpc) is 2.62. The first-order valence-electron chi connectivity index (χ1n) is 7.39. The second-order valence-electron chi connectivity index (χ2n) is 4.86. The Morgan fingerprint density at radius 2 is 1.26 bits per heavy atom. The molecule has 2 rings (SSSR count). The number of nitriles is 2. The fraction of sp³-hybridized carbons (Fsp3) is 0.222. The highest BCUT2D eigenvalue weighted by Crippen LogP contribution is 2.22. The van der Waals surface area contributed by atoms with Crippen molar-refractivity contribution in [2.45, 2.75) is 12.8 Å². The quantitative estimate of drug-likeness (QED) is 0.693. The molecular formula is C18H17N5. The van der Waals surface area contributed by atoms with E-state index in [4.69, 9.17) is 10.5 Å². The molecule has 0 N–H and O–H groups in total. The Morgan fingerprint density at radius 3 is 1.78 bits per heavy atom. The van der Waals surface area contributed by atoms with E-state index < -0.39 is 0 Å². The number of anilines is 1. The first-order valence-corrected chi connectivity index (χ1v) is 7.39. The first-order chi connectivity index (χ1) is 11.3. The topological polar surface area (TPSA) is 75.5 Å².